The maximum atomic E-state index is 9.60. The van der Waals surface area contributed by atoms with E-state index in [1.165, 1.54) is 0 Å². The van der Waals surface area contributed by atoms with E-state index >= 15 is 0 Å². The van der Waals surface area contributed by atoms with E-state index in [0.29, 0.717) is 39.5 Å². The van der Waals surface area contributed by atoms with E-state index in [-0.39, 0.29) is 0 Å². The van der Waals surface area contributed by atoms with Gasteiger partial charge >= 0.3 is 0 Å². The molecule has 1 aromatic rings. The molecule has 0 aliphatic heterocycles. The molecule has 1 atom stereocenters. The number of rotatable bonds is 11. The molecule has 1 unspecified atom stereocenters. The molecule has 2 N–H and O–H groups in total. The average Bonchev–Trinajstić information content (AvgIpc) is 2.44. The Labute approximate surface area is 114 Å². The van der Waals surface area contributed by atoms with Gasteiger partial charge in [-0.05, 0) is 12.1 Å². The third kappa shape index (κ3) is 8.56. The zero-order valence-electron chi connectivity index (χ0n) is 11.4. The Bertz CT molecular complexity index is 308. The summed E-state index contributed by atoms with van der Waals surface area (Å²) in [7, 11) is 1.62. The number of benzene rings is 1. The Morgan fingerprint density at radius 3 is 2.68 bits per heavy atom. The Balaban J connectivity index is 1.92. The van der Waals surface area contributed by atoms with Gasteiger partial charge in [0, 0.05) is 20.2 Å². The monoisotopic (exact) mass is 269 g/mol. The van der Waals surface area contributed by atoms with Gasteiger partial charge in [-0.3, -0.25) is 0 Å². The SMILES string of the molecule is COCCOCC(O)CNCCOc1ccccc1. The van der Waals surface area contributed by atoms with Gasteiger partial charge in [-0.1, -0.05) is 18.2 Å². The van der Waals surface area contributed by atoms with Gasteiger partial charge in [-0.15, -0.1) is 0 Å². The lowest BCUT2D eigenvalue weighted by Crippen LogP contribution is -2.33. The molecule has 1 rings (SSSR count). The fraction of sp³-hybridized carbons (Fsp3) is 0.571. The van der Waals surface area contributed by atoms with Crippen LogP contribution in [-0.2, 0) is 9.47 Å². The molecule has 0 spiro atoms. The number of hydrogen-bond acceptors (Lipinski definition) is 5. The van der Waals surface area contributed by atoms with Crippen LogP contribution in [0.25, 0.3) is 0 Å². The summed E-state index contributed by atoms with van der Waals surface area (Å²) in [4.78, 5) is 0. The summed E-state index contributed by atoms with van der Waals surface area (Å²) in [6.45, 7) is 3.11. The van der Waals surface area contributed by atoms with E-state index in [4.69, 9.17) is 14.2 Å². The molecule has 0 aromatic heterocycles. The quantitative estimate of drug-likeness (QED) is 0.579. The molecule has 1 aromatic carbocycles. The van der Waals surface area contributed by atoms with Crippen LogP contribution in [0.5, 0.6) is 5.75 Å². The van der Waals surface area contributed by atoms with Gasteiger partial charge in [0.1, 0.15) is 12.4 Å². The Morgan fingerprint density at radius 1 is 1.16 bits per heavy atom. The van der Waals surface area contributed by atoms with Gasteiger partial charge in [0.25, 0.3) is 0 Å². The first-order valence-electron chi connectivity index (χ1n) is 6.46. The fourth-order valence-electron chi connectivity index (χ4n) is 1.45. The number of nitrogens with one attached hydrogen (secondary N) is 1. The molecule has 0 saturated carbocycles. The molecule has 5 nitrogen and oxygen atoms in total. The van der Waals surface area contributed by atoms with Crippen molar-refractivity contribution in [1.29, 1.82) is 0 Å². The zero-order valence-corrected chi connectivity index (χ0v) is 11.4. The smallest absolute Gasteiger partial charge is 0.119 e. The van der Waals surface area contributed by atoms with Crippen LogP contribution in [0.2, 0.25) is 0 Å². The number of aliphatic hydroxyl groups is 1. The molecule has 0 aliphatic carbocycles. The van der Waals surface area contributed by atoms with Crippen molar-refractivity contribution in [2.45, 2.75) is 6.10 Å². The summed E-state index contributed by atoms with van der Waals surface area (Å²) in [5.41, 5.74) is 0. The normalized spacial score (nSPS) is 12.3. The predicted octanol–water partition coefficient (Wildman–Crippen LogP) is 0.679. The molecule has 0 heterocycles. The molecule has 0 aliphatic rings. The highest BCUT2D eigenvalue weighted by atomic mass is 16.5. The van der Waals surface area contributed by atoms with Crippen molar-refractivity contribution in [3.8, 4) is 5.75 Å². The van der Waals surface area contributed by atoms with Crippen molar-refractivity contribution in [3.05, 3.63) is 30.3 Å². The second-order valence-corrected chi connectivity index (χ2v) is 4.09. The van der Waals surface area contributed by atoms with Gasteiger partial charge in [0.05, 0.1) is 25.9 Å². The van der Waals surface area contributed by atoms with Crippen molar-refractivity contribution in [1.82, 2.24) is 5.32 Å². The van der Waals surface area contributed by atoms with Crippen molar-refractivity contribution in [2.24, 2.45) is 0 Å². The lowest BCUT2D eigenvalue weighted by Gasteiger charge is -2.12. The molecule has 0 fully saturated rings. The molecule has 108 valence electrons. The van der Waals surface area contributed by atoms with Crippen molar-refractivity contribution >= 4 is 0 Å². The molecule has 19 heavy (non-hydrogen) atoms. The first-order valence-corrected chi connectivity index (χ1v) is 6.46. The van der Waals surface area contributed by atoms with Crippen LogP contribution in [0, 0.1) is 0 Å². The summed E-state index contributed by atoms with van der Waals surface area (Å²) in [5, 5.41) is 12.7. The molecular weight excluding hydrogens is 246 g/mol. The molecule has 0 radical (unpaired) electrons. The Morgan fingerprint density at radius 2 is 1.95 bits per heavy atom. The minimum Gasteiger partial charge on any atom is -0.492 e. The number of ether oxygens (including phenoxy) is 3. The molecule has 0 saturated heterocycles. The largest absolute Gasteiger partial charge is 0.492 e. The highest BCUT2D eigenvalue weighted by Gasteiger charge is 2.03. The molecule has 5 heteroatoms. The Hall–Kier alpha value is -1.14. The lowest BCUT2D eigenvalue weighted by molar-refractivity contribution is 0.0136. The standard InChI is InChI=1S/C14H23NO4/c1-17-9-10-18-12-13(16)11-15-7-8-19-14-5-3-2-4-6-14/h2-6,13,15-16H,7-12H2,1H3. The highest BCUT2D eigenvalue weighted by molar-refractivity contribution is 5.20. The van der Waals surface area contributed by atoms with Crippen LogP contribution in [0.1, 0.15) is 0 Å². The number of para-hydroxylation sites is 1. The topological polar surface area (TPSA) is 60.0 Å². The van der Waals surface area contributed by atoms with Gasteiger partial charge in [0.15, 0.2) is 0 Å². The third-order valence-electron chi connectivity index (χ3n) is 2.41. The summed E-state index contributed by atoms with van der Waals surface area (Å²) in [5.74, 6) is 0.854. The average molecular weight is 269 g/mol. The summed E-state index contributed by atoms with van der Waals surface area (Å²) in [6.07, 6.45) is -0.506. The first-order chi connectivity index (χ1) is 9.33. The van der Waals surface area contributed by atoms with Crippen molar-refractivity contribution in [3.63, 3.8) is 0 Å². The van der Waals surface area contributed by atoms with Gasteiger partial charge in [-0.2, -0.15) is 0 Å². The van der Waals surface area contributed by atoms with Crippen LogP contribution in [0.15, 0.2) is 30.3 Å². The Kier molecular flexibility index (Phi) is 9.01. The van der Waals surface area contributed by atoms with Crippen LogP contribution >= 0.6 is 0 Å². The van der Waals surface area contributed by atoms with E-state index in [0.717, 1.165) is 5.75 Å². The van der Waals surface area contributed by atoms with Gasteiger partial charge < -0.3 is 24.6 Å². The van der Waals surface area contributed by atoms with E-state index in [1.54, 1.807) is 7.11 Å². The second kappa shape index (κ2) is 10.8. The maximum Gasteiger partial charge on any atom is 0.119 e. The maximum absolute atomic E-state index is 9.60. The number of aliphatic hydroxyl groups excluding tert-OH is 1. The molecular formula is C14H23NO4. The lowest BCUT2D eigenvalue weighted by atomic mass is 10.3. The van der Waals surface area contributed by atoms with E-state index < -0.39 is 6.10 Å². The van der Waals surface area contributed by atoms with E-state index in [2.05, 4.69) is 5.32 Å². The summed E-state index contributed by atoms with van der Waals surface area (Å²) < 4.78 is 15.6. The van der Waals surface area contributed by atoms with Crippen LogP contribution in [0.4, 0.5) is 0 Å². The fourth-order valence-corrected chi connectivity index (χ4v) is 1.45. The van der Waals surface area contributed by atoms with Crippen LogP contribution in [-0.4, -0.2) is 57.8 Å². The predicted molar refractivity (Wildman–Crippen MR) is 73.5 cm³/mol. The highest BCUT2D eigenvalue weighted by Crippen LogP contribution is 2.07. The summed E-state index contributed by atoms with van der Waals surface area (Å²) >= 11 is 0. The van der Waals surface area contributed by atoms with Crippen LogP contribution in [0.3, 0.4) is 0 Å². The molecule has 0 bridgehead atoms. The number of methoxy groups -OCH3 is 1. The van der Waals surface area contributed by atoms with Crippen LogP contribution < -0.4 is 10.1 Å². The van der Waals surface area contributed by atoms with Crippen molar-refractivity contribution in [2.75, 3.05) is 46.6 Å². The van der Waals surface area contributed by atoms with E-state index in [1.807, 2.05) is 30.3 Å². The summed E-state index contributed by atoms with van der Waals surface area (Å²) in [6, 6.07) is 9.65. The van der Waals surface area contributed by atoms with Crippen molar-refractivity contribution < 1.29 is 19.3 Å². The number of hydrogen-bond donors (Lipinski definition) is 2. The first kappa shape index (κ1) is 15.9. The minimum atomic E-state index is -0.506. The zero-order chi connectivity index (χ0) is 13.8. The van der Waals surface area contributed by atoms with Gasteiger partial charge in [0.2, 0.25) is 0 Å². The molecule has 0 amide bonds. The second-order valence-electron chi connectivity index (χ2n) is 4.09. The third-order valence-corrected chi connectivity index (χ3v) is 2.41. The van der Waals surface area contributed by atoms with E-state index in [9.17, 15) is 5.11 Å². The minimum absolute atomic E-state index is 0.315. The van der Waals surface area contributed by atoms with Gasteiger partial charge in [-0.25, -0.2) is 0 Å².